The molecule has 0 aliphatic carbocycles. The third-order valence-corrected chi connectivity index (χ3v) is 4.95. The van der Waals surface area contributed by atoms with Gasteiger partial charge in [-0.1, -0.05) is 24.3 Å². The van der Waals surface area contributed by atoms with E-state index in [-0.39, 0.29) is 0 Å². The second-order valence-electron chi connectivity index (χ2n) is 5.71. The fourth-order valence-electron chi connectivity index (χ4n) is 2.72. The van der Waals surface area contributed by atoms with Crippen LogP contribution in [0.1, 0.15) is 30.4 Å². The first-order valence-corrected chi connectivity index (χ1v) is 9.89. The van der Waals surface area contributed by atoms with E-state index in [1.165, 1.54) is 42.8 Å². The summed E-state index contributed by atoms with van der Waals surface area (Å²) in [6, 6.07) is 8.69. The first-order chi connectivity index (χ1) is 10.8. The summed E-state index contributed by atoms with van der Waals surface area (Å²) in [7, 11) is 0. The van der Waals surface area contributed by atoms with Crippen LogP contribution in [0.25, 0.3) is 0 Å². The number of thioether (sulfide) groups is 1. The van der Waals surface area contributed by atoms with Crippen molar-refractivity contribution in [1.29, 1.82) is 0 Å². The standard InChI is InChI=1S/C17H27N3S2/c1-22-12-6-9-18-17(21)19-13-15-7-2-3-8-16(15)14-20-10-4-5-11-20/h2-3,7-8H,4-6,9-14H2,1H3,(H2,18,19,21). The molecule has 1 fully saturated rings. The normalized spacial score (nSPS) is 15.0. The first-order valence-electron chi connectivity index (χ1n) is 8.09. The van der Waals surface area contributed by atoms with Crippen LogP contribution in [0.4, 0.5) is 0 Å². The molecule has 0 amide bonds. The molecular formula is C17H27N3S2. The number of rotatable bonds is 8. The van der Waals surface area contributed by atoms with Crippen LogP contribution in [0.3, 0.4) is 0 Å². The highest BCUT2D eigenvalue weighted by atomic mass is 32.2. The summed E-state index contributed by atoms with van der Waals surface area (Å²) < 4.78 is 0. The molecule has 2 rings (SSSR count). The lowest BCUT2D eigenvalue weighted by Gasteiger charge is -2.18. The quantitative estimate of drug-likeness (QED) is 0.562. The predicted octanol–water partition coefficient (Wildman–Crippen LogP) is 3.00. The van der Waals surface area contributed by atoms with Crippen LogP contribution < -0.4 is 10.6 Å². The van der Waals surface area contributed by atoms with Crippen LogP contribution in [-0.2, 0) is 13.1 Å². The lowest BCUT2D eigenvalue weighted by atomic mass is 10.1. The number of benzene rings is 1. The molecule has 0 unspecified atom stereocenters. The average Bonchev–Trinajstić information content (AvgIpc) is 3.04. The molecule has 1 aromatic carbocycles. The molecule has 1 saturated heterocycles. The van der Waals surface area contributed by atoms with Crippen molar-refractivity contribution in [2.75, 3.05) is 31.6 Å². The number of nitrogens with one attached hydrogen (secondary N) is 2. The Morgan fingerprint density at radius 1 is 1.18 bits per heavy atom. The van der Waals surface area contributed by atoms with Gasteiger partial charge >= 0.3 is 0 Å². The van der Waals surface area contributed by atoms with E-state index in [2.05, 4.69) is 46.1 Å². The second kappa shape index (κ2) is 10.1. The molecule has 0 atom stereocenters. The Bertz CT molecular complexity index is 459. The van der Waals surface area contributed by atoms with Crippen molar-refractivity contribution in [3.05, 3.63) is 35.4 Å². The molecule has 1 aliphatic rings. The molecule has 1 heterocycles. The lowest BCUT2D eigenvalue weighted by molar-refractivity contribution is 0.330. The van der Waals surface area contributed by atoms with Crippen molar-refractivity contribution in [2.24, 2.45) is 0 Å². The van der Waals surface area contributed by atoms with E-state index in [1.807, 2.05) is 11.8 Å². The first kappa shape index (κ1) is 17.6. The van der Waals surface area contributed by atoms with Gasteiger partial charge in [-0.3, -0.25) is 4.90 Å². The molecule has 0 saturated carbocycles. The van der Waals surface area contributed by atoms with Gasteiger partial charge in [0, 0.05) is 19.6 Å². The van der Waals surface area contributed by atoms with Crippen molar-refractivity contribution in [3.63, 3.8) is 0 Å². The topological polar surface area (TPSA) is 27.3 Å². The maximum absolute atomic E-state index is 5.35. The van der Waals surface area contributed by atoms with E-state index in [1.54, 1.807) is 0 Å². The second-order valence-corrected chi connectivity index (χ2v) is 7.10. The van der Waals surface area contributed by atoms with E-state index < -0.39 is 0 Å². The summed E-state index contributed by atoms with van der Waals surface area (Å²) in [6.45, 7) is 5.28. The number of thiocarbonyl (C=S) groups is 1. The van der Waals surface area contributed by atoms with Crippen molar-refractivity contribution in [2.45, 2.75) is 32.4 Å². The van der Waals surface area contributed by atoms with Gasteiger partial charge in [0.05, 0.1) is 0 Å². The van der Waals surface area contributed by atoms with Crippen LogP contribution in [0, 0.1) is 0 Å². The van der Waals surface area contributed by atoms with Crippen LogP contribution in [0.2, 0.25) is 0 Å². The molecule has 0 spiro atoms. The van der Waals surface area contributed by atoms with Crippen molar-refractivity contribution in [3.8, 4) is 0 Å². The summed E-state index contributed by atoms with van der Waals surface area (Å²) in [6.07, 6.45) is 5.96. The Morgan fingerprint density at radius 3 is 2.64 bits per heavy atom. The summed E-state index contributed by atoms with van der Waals surface area (Å²) in [5.74, 6) is 1.17. The van der Waals surface area contributed by atoms with Crippen LogP contribution >= 0.6 is 24.0 Å². The van der Waals surface area contributed by atoms with E-state index in [9.17, 15) is 0 Å². The minimum absolute atomic E-state index is 0.761. The molecule has 5 heteroatoms. The van der Waals surface area contributed by atoms with E-state index in [0.717, 1.165) is 31.2 Å². The number of hydrogen-bond donors (Lipinski definition) is 2. The Kier molecular flexibility index (Phi) is 8.05. The molecule has 1 aromatic rings. The van der Waals surface area contributed by atoms with Gasteiger partial charge in [-0.15, -0.1) is 0 Å². The van der Waals surface area contributed by atoms with Gasteiger partial charge in [0.25, 0.3) is 0 Å². The van der Waals surface area contributed by atoms with Crippen molar-refractivity contribution in [1.82, 2.24) is 15.5 Å². The predicted molar refractivity (Wildman–Crippen MR) is 101 cm³/mol. The maximum Gasteiger partial charge on any atom is 0.166 e. The lowest BCUT2D eigenvalue weighted by Crippen LogP contribution is -2.35. The SMILES string of the molecule is CSCCCNC(=S)NCc1ccccc1CN1CCCC1. The van der Waals surface area contributed by atoms with Crippen LogP contribution in [0.15, 0.2) is 24.3 Å². The van der Waals surface area contributed by atoms with Crippen LogP contribution in [0.5, 0.6) is 0 Å². The molecule has 0 aromatic heterocycles. The van der Waals surface area contributed by atoms with Gasteiger partial charge in [0.2, 0.25) is 0 Å². The average molecular weight is 338 g/mol. The summed E-state index contributed by atoms with van der Waals surface area (Å²) >= 11 is 7.22. The Balaban J connectivity index is 1.77. The third kappa shape index (κ3) is 6.15. The number of hydrogen-bond acceptors (Lipinski definition) is 3. The highest BCUT2D eigenvalue weighted by Crippen LogP contribution is 2.16. The highest BCUT2D eigenvalue weighted by molar-refractivity contribution is 7.98. The van der Waals surface area contributed by atoms with Gasteiger partial charge in [-0.2, -0.15) is 11.8 Å². The molecule has 0 bridgehead atoms. The third-order valence-electron chi connectivity index (χ3n) is 3.96. The molecule has 1 aliphatic heterocycles. The molecule has 122 valence electrons. The molecular weight excluding hydrogens is 310 g/mol. The highest BCUT2D eigenvalue weighted by Gasteiger charge is 2.13. The zero-order valence-corrected chi connectivity index (χ0v) is 15.1. The minimum atomic E-state index is 0.761. The fourth-order valence-corrected chi connectivity index (χ4v) is 3.33. The number of nitrogens with zero attached hydrogens (tertiary/aromatic N) is 1. The smallest absolute Gasteiger partial charge is 0.166 e. The van der Waals surface area contributed by atoms with Crippen LogP contribution in [-0.4, -0.2) is 41.7 Å². The summed E-state index contributed by atoms with van der Waals surface area (Å²) in [5, 5.41) is 7.37. The Hall–Kier alpha value is -0.780. The maximum atomic E-state index is 5.35. The van der Waals surface area contributed by atoms with E-state index in [4.69, 9.17) is 12.2 Å². The largest absolute Gasteiger partial charge is 0.363 e. The van der Waals surface area contributed by atoms with Gasteiger partial charge in [-0.25, -0.2) is 0 Å². The molecule has 22 heavy (non-hydrogen) atoms. The monoisotopic (exact) mass is 337 g/mol. The van der Waals surface area contributed by atoms with E-state index in [0.29, 0.717) is 0 Å². The summed E-state index contributed by atoms with van der Waals surface area (Å²) in [5.41, 5.74) is 2.77. The van der Waals surface area contributed by atoms with Gasteiger partial charge in [-0.05, 0) is 67.7 Å². The summed E-state index contributed by atoms with van der Waals surface area (Å²) in [4.78, 5) is 2.54. The minimum Gasteiger partial charge on any atom is -0.363 e. The van der Waals surface area contributed by atoms with Gasteiger partial charge in [0.15, 0.2) is 5.11 Å². The van der Waals surface area contributed by atoms with E-state index >= 15 is 0 Å². The van der Waals surface area contributed by atoms with Gasteiger partial charge < -0.3 is 10.6 Å². The fraction of sp³-hybridized carbons (Fsp3) is 0.588. The Morgan fingerprint density at radius 2 is 1.91 bits per heavy atom. The Labute approximate surface area is 144 Å². The number of likely N-dealkylation sites (tertiary alicyclic amines) is 1. The van der Waals surface area contributed by atoms with Crippen molar-refractivity contribution < 1.29 is 0 Å². The van der Waals surface area contributed by atoms with Crippen molar-refractivity contribution >= 4 is 29.1 Å². The molecule has 2 N–H and O–H groups in total. The van der Waals surface area contributed by atoms with Gasteiger partial charge in [0.1, 0.15) is 0 Å². The molecule has 3 nitrogen and oxygen atoms in total. The molecule has 0 radical (unpaired) electrons. The zero-order valence-electron chi connectivity index (χ0n) is 13.4. The zero-order chi connectivity index (χ0) is 15.6.